The van der Waals surface area contributed by atoms with Gasteiger partial charge in [0.2, 0.25) is 0 Å². The zero-order valence-electron chi connectivity index (χ0n) is 20.6. The molecule has 0 radical (unpaired) electrons. The number of esters is 1. The standard InChI is InChI=1S/C25H31N3O6S/c1-6-34-25(29)23-15-24(26-28(23)18(2)3)35(30,31)27(16-19-7-11-21(32-4)12-8-19)17-20-9-13-22(33-5)14-10-20/h7-15,18H,6,16-17H2,1-5H3. The van der Waals surface area contributed by atoms with E-state index in [2.05, 4.69) is 5.10 Å². The molecule has 0 spiro atoms. The number of rotatable bonds is 11. The van der Waals surface area contributed by atoms with Gasteiger partial charge in [0, 0.05) is 25.2 Å². The summed E-state index contributed by atoms with van der Waals surface area (Å²) in [4.78, 5) is 12.5. The lowest BCUT2D eigenvalue weighted by Gasteiger charge is -2.21. The van der Waals surface area contributed by atoms with Crippen molar-refractivity contribution in [3.63, 3.8) is 0 Å². The van der Waals surface area contributed by atoms with Crippen molar-refractivity contribution in [2.45, 2.75) is 44.9 Å². The number of sulfonamides is 1. The molecule has 2 aromatic carbocycles. The zero-order valence-corrected chi connectivity index (χ0v) is 21.4. The lowest BCUT2D eigenvalue weighted by Crippen LogP contribution is -2.30. The molecule has 0 saturated carbocycles. The number of aromatic nitrogens is 2. The summed E-state index contributed by atoms with van der Waals surface area (Å²) >= 11 is 0. The van der Waals surface area contributed by atoms with Gasteiger partial charge in [-0.3, -0.25) is 4.68 Å². The van der Waals surface area contributed by atoms with Crippen LogP contribution in [0, 0.1) is 0 Å². The fourth-order valence-corrected chi connectivity index (χ4v) is 4.83. The Morgan fingerprint density at radius 2 is 1.43 bits per heavy atom. The normalized spacial score (nSPS) is 11.6. The third-order valence-electron chi connectivity index (χ3n) is 5.33. The number of carbonyl (C=O) groups excluding carboxylic acids is 1. The minimum Gasteiger partial charge on any atom is -0.497 e. The van der Waals surface area contributed by atoms with Crippen LogP contribution in [0.4, 0.5) is 0 Å². The molecule has 35 heavy (non-hydrogen) atoms. The van der Waals surface area contributed by atoms with E-state index >= 15 is 0 Å². The molecule has 0 atom stereocenters. The van der Waals surface area contributed by atoms with E-state index in [9.17, 15) is 13.2 Å². The van der Waals surface area contributed by atoms with Gasteiger partial charge in [0.1, 0.15) is 17.2 Å². The predicted octanol–water partition coefficient (Wildman–Crippen LogP) is 4.05. The molecule has 0 saturated heterocycles. The molecule has 0 aliphatic rings. The molecule has 1 heterocycles. The molecule has 1 aromatic heterocycles. The molecule has 3 aromatic rings. The van der Waals surface area contributed by atoms with Crippen LogP contribution in [0.3, 0.4) is 0 Å². The second-order valence-corrected chi connectivity index (χ2v) is 9.98. The van der Waals surface area contributed by atoms with Gasteiger partial charge < -0.3 is 14.2 Å². The van der Waals surface area contributed by atoms with Crippen molar-refractivity contribution in [2.75, 3.05) is 20.8 Å². The minimum atomic E-state index is -4.08. The highest BCUT2D eigenvalue weighted by atomic mass is 32.2. The van der Waals surface area contributed by atoms with Gasteiger partial charge in [-0.05, 0) is 56.2 Å². The van der Waals surface area contributed by atoms with Crippen molar-refractivity contribution in [1.29, 1.82) is 0 Å². The largest absolute Gasteiger partial charge is 0.497 e. The van der Waals surface area contributed by atoms with Crippen LogP contribution in [-0.4, -0.2) is 49.3 Å². The predicted molar refractivity (Wildman–Crippen MR) is 131 cm³/mol. The highest BCUT2D eigenvalue weighted by Crippen LogP contribution is 2.25. The fourth-order valence-electron chi connectivity index (χ4n) is 3.48. The fraction of sp³-hybridized carbons (Fsp3) is 0.360. The summed E-state index contributed by atoms with van der Waals surface area (Å²) in [6.07, 6.45) is 0. The van der Waals surface area contributed by atoms with Crippen molar-refractivity contribution in [1.82, 2.24) is 14.1 Å². The number of ether oxygens (including phenoxy) is 3. The van der Waals surface area contributed by atoms with Gasteiger partial charge in [-0.25, -0.2) is 13.2 Å². The molecule has 0 fully saturated rings. The molecule has 0 unspecified atom stereocenters. The molecular weight excluding hydrogens is 470 g/mol. The molecule has 188 valence electrons. The highest BCUT2D eigenvalue weighted by molar-refractivity contribution is 7.89. The van der Waals surface area contributed by atoms with Gasteiger partial charge in [0.25, 0.3) is 10.0 Å². The van der Waals surface area contributed by atoms with Crippen LogP contribution in [0.5, 0.6) is 11.5 Å². The summed E-state index contributed by atoms with van der Waals surface area (Å²) in [5, 5.41) is 4.08. The second-order valence-electron chi connectivity index (χ2n) is 8.10. The van der Waals surface area contributed by atoms with E-state index in [1.807, 2.05) is 38.1 Å². The molecule has 10 heteroatoms. The van der Waals surface area contributed by atoms with E-state index in [1.54, 1.807) is 45.4 Å². The number of hydrogen-bond donors (Lipinski definition) is 0. The van der Waals surface area contributed by atoms with E-state index in [-0.39, 0.29) is 36.5 Å². The Hall–Kier alpha value is -3.37. The number of benzene rings is 2. The summed E-state index contributed by atoms with van der Waals surface area (Å²) in [5.41, 5.74) is 1.64. The van der Waals surface area contributed by atoms with Crippen LogP contribution in [0.25, 0.3) is 0 Å². The topological polar surface area (TPSA) is 100.0 Å². The monoisotopic (exact) mass is 501 g/mol. The highest BCUT2D eigenvalue weighted by Gasteiger charge is 2.31. The van der Waals surface area contributed by atoms with Crippen LogP contribution in [0.2, 0.25) is 0 Å². The van der Waals surface area contributed by atoms with Gasteiger partial charge in [-0.15, -0.1) is 0 Å². The van der Waals surface area contributed by atoms with Crippen molar-refractivity contribution in [3.8, 4) is 11.5 Å². The Labute approximate surface area is 206 Å². The third kappa shape index (κ3) is 6.20. The summed E-state index contributed by atoms with van der Waals surface area (Å²) in [6.45, 7) is 5.70. The van der Waals surface area contributed by atoms with Crippen LogP contribution >= 0.6 is 0 Å². The molecule has 0 aliphatic carbocycles. The third-order valence-corrected chi connectivity index (χ3v) is 6.99. The summed E-state index contributed by atoms with van der Waals surface area (Å²) in [5.74, 6) is 0.730. The molecule has 0 amide bonds. The molecule has 0 N–H and O–H groups in total. The Bertz CT molecular complexity index is 1190. The average molecular weight is 502 g/mol. The quantitative estimate of drug-likeness (QED) is 0.366. The van der Waals surface area contributed by atoms with Gasteiger partial charge >= 0.3 is 5.97 Å². The Morgan fingerprint density at radius 1 is 0.943 bits per heavy atom. The average Bonchev–Trinajstić information content (AvgIpc) is 3.32. The van der Waals surface area contributed by atoms with Crippen molar-refractivity contribution < 1.29 is 27.4 Å². The number of methoxy groups -OCH3 is 2. The summed E-state index contributed by atoms with van der Waals surface area (Å²) < 4.78 is 45.8. The van der Waals surface area contributed by atoms with Crippen LogP contribution < -0.4 is 9.47 Å². The second kappa shape index (κ2) is 11.4. The molecule has 0 bridgehead atoms. The van der Waals surface area contributed by atoms with Crippen LogP contribution in [0.15, 0.2) is 59.6 Å². The van der Waals surface area contributed by atoms with E-state index < -0.39 is 16.0 Å². The number of hydrogen-bond acceptors (Lipinski definition) is 7. The summed E-state index contributed by atoms with van der Waals surface area (Å²) in [6, 6.07) is 15.4. The molecule has 3 rings (SSSR count). The maximum atomic E-state index is 13.8. The van der Waals surface area contributed by atoms with E-state index in [0.29, 0.717) is 11.5 Å². The molecule has 0 aliphatic heterocycles. The Balaban J connectivity index is 2.02. The van der Waals surface area contributed by atoms with E-state index in [1.165, 1.54) is 15.1 Å². The SMILES string of the molecule is CCOC(=O)c1cc(S(=O)(=O)N(Cc2ccc(OC)cc2)Cc2ccc(OC)cc2)nn1C(C)C. The first-order chi connectivity index (χ1) is 16.7. The maximum Gasteiger partial charge on any atom is 0.356 e. The van der Waals surface area contributed by atoms with Crippen molar-refractivity contribution in [2.24, 2.45) is 0 Å². The Kier molecular flexibility index (Phi) is 8.52. The van der Waals surface area contributed by atoms with Gasteiger partial charge in [0.15, 0.2) is 5.03 Å². The maximum absolute atomic E-state index is 13.8. The van der Waals surface area contributed by atoms with Gasteiger partial charge in [-0.1, -0.05) is 24.3 Å². The first kappa shape index (κ1) is 26.2. The van der Waals surface area contributed by atoms with Crippen molar-refractivity contribution >= 4 is 16.0 Å². The van der Waals surface area contributed by atoms with E-state index in [4.69, 9.17) is 14.2 Å². The number of nitrogens with zero attached hydrogens (tertiary/aromatic N) is 3. The molecule has 9 nitrogen and oxygen atoms in total. The first-order valence-electron chi connectivity index (χ1n) is 11.2. The van der Waals surface area contributed by atoms with Gasteiger partial charge in [0.05, 0.1) is 20.8 Å². The Morgan fingerprint density at radius 3 is 1.83 bits per heavy atom. The van der Waals surface area contributed by atoms with Crippen molar-refractivity contribution in [3.05, 3.63) is 71.4 Å². The smallest absolute Gasteiger partial charge is 0.356 e. The lowest BCUT2D eigenvalue weighted by atomic mass is 10.2. The molecular formula is C25H31N3O6S. The van der Waals surface area contributed by atoms with Crippen LogP contribution in [0.1, 0.15) is 48.4 Å². The number of carbonyl (C=O) groups is 1. The summed E-state index contributed by atoms with van der Waals surface area (Å²) in [7, 11) is -0.939. The van der Waals surface area contributed by atoms with Gasteiger partial charge in [-0.2, -0.15) is 9.40 Å². The lowest BCUT2D eigenvalue weighted by molar-refractivity contribution is 0.0509. The minimum absolute atomic E-state index is 0.0919. The van der Waals surface area contributed by atoms with E-state index in [0.717, 1.165) is 11.1 Å². The first-order valence-corrected chi connectivity index (χ1v) is 12.7. The van der Waals surface area contributed by atoms with Crippen LogP contribution in [-0.2, 0) is 27.8 Å². The zero-order chi connectivity index (χ0) is 25.6.